The Hall–Kier alpha value is -0.830. The summed E-state index contributed by atoms with van der Waals surface area (Å²) in [4.78, 5) is 12.1. The highest BCUT2D eigenvalue weighted by atomic mass is 35.5. The van der Waals surface area contributed by atoms with Gasteiger partial charge in [0.2, 0.25) is 0 Å². The highest BCUT2D eigenvalue weighted by Gasteiger charge is 2.38. The number of Topliss-reactive ketones (excluding diaryl/α,β-unsaturated/α-hetero) is 1. The molecule has 0 spiro atoms. The van der Waals surface area contributed by atoms with E-state index in [1.165, 1.54) is 16.7 Å². The third-order valence-electron chi connectivity index (χ3n) is 5.01. The smallest absolute Gasteiger partial charge is 0.178 e. The third kappa shape index (κ3) is 7.06. The van der Waals surface area contributed by atoms with Crippen LogP contribution in [0.25, 0.3) is 0 Å². The minimum Gasteiger partial charge on any atom is -0.387 e. The Balaban J connectivity index is 2.53. The van der Waals surface area contributed by atoms with Crippen molar-refractivity contribution in [1.82, 2.24) is 0 Å². The molecule has 2 nitrogen and oxygen atoms in total. The topological polar surface area (TPSA) is 37.3 Å². The summed E-state index contributed by atoms with van der Waals surface area (Å²) in [7, 11) is 0. The van der Waals surface area contributed by atoms with E-state index in [0.29, 0.717) is 6.42 Å². The van der Waals surface area contributed by atoms with Gasteiger partial charge in [-0.1, -0.05) is 65.1 Å². The molecule has 4 heteroatoms. The van der Waals surface area contributed by atoms with Crippen molar-refractivity contribution in [3.8, 4) is 0 Å². The van der Waals surface area contributed by atoms with Gasteiger partial charge in [-0.15, -0.1) is 0 Å². The second-order valence-corrected chi connectivity index (χ2v) is 8.40. The van der Waals surface area contributed by atoms with Crippen LogP contribution in [-0.4, -0.2) is 17.0 Å². The number of rotatable bonds is 8. The first-order valence-corrected chi connectivity index (χ1v) is 10.1. The molecule has 0 aromatic rings. The first kappa shape index (κ1) is 23.2. The zero-order valence-corrected chi connectivity index (χ0v) is 18.1. The van der Waals surface area contributed by atoms with Crippen LogP contribution in [0.1, 0.15) is 66.7 Å². The van der Waals surface area contributed by atoms with Gasteiger partial charge in [-0.3, -0.25) is 4.79 Å². The van der Waals surface area contributed by atoms with E-state index in [-0.39, 0.29) is 27.7 Å². The minimum atomic E-state index is -0.863. The Morgan fingerprint density at radius 3 is 2.12 bits per heavy atom. The lowest BCUT2D eigenvalue weighted by atomic mass is 9.79. The van der Waals surface area contributed by atoms with Gasteiger partial charge >= 0.3 is 0 Å². The van der Waals surface area contributed by atoms with Crippen LogP contribution in [0.2, 0.25) is 0 Å². The number of aliphatic hydroxyl groups excluding tert-OH is 1. The van der Waals surface area contributed by atoms with E-state index in [9.17, 15) is 9.90 Å². The quantitative estimate of drug-likeness (QED) is 0.462. The van der Waals surface area contributed by atoms with Gasteiger partial charge in [-0.05, 0) is 59.8 Å². The number of carbonyl (C=O) groups excluding carboxylic acids is 1. The first-order valence-electron chi connectivity index (χ1n) is 9.37. The number of halogens is 2. The van der Waals surface area contributed by atoms with E-state index in [1.54, 1.807) is 0 Å². The molecule has 0 aromatic carbocycles. The second kappa shape index (κ2) is 11.1. The van der Waals surface area contributed by atoms with Crippen LogP contribution < -0.4 is 0 Å². The Labute approximate surface area is 168 Å². The standard InChI is InChI=1S/C22H32Cl2O2/c1-14(2)8-6-9-15(3)10-7-11-16(4)12-13-18-17(5)21(25)19(23)20(24)22(18)26/h8,10,12,17-18,22,26H,6-7,9,11,13H2,1-5H3/b15-10+,16-12+. The van der Waals surface area contributed by atoms with Crippen LogP contribution >= 0.6 is 23.2 Å². The van der Waals surface area contributed by atoms with E-state index in [2.05, 4.69) is 45.9 Å². The molecule has 0 radical (unpaired) electrons. The van der Waals surface area contributed by atoms with Gasteiger partial charge < -0.3 is 5.11 Å². The molecule has 1 aliphatic rings. The van der Waals surface area contributed by atoms with Gasteiger partial charge in [0.15, 0.2) is 5.78 Å². The summed E-state index contributed by atoms with van der Waals surface area (Å²) in [5.74, 6) is -0.706. The van der Waals surface area contributed by atoms with E-state index < -0.39 is 6.10 Å². The lowest BCUT2D eigenvalue weighted by Crippen LogP contribution is -2.36. The summed E-state index contributed by atoms with van der Waals surface area (Å²) < 4.78 is 0. The number of hydrogen-bond donors (Lipinski definition) is 1. The molecular formula is C22H32Cl2O2. The first-order chi connectivity index (χ1) is 12.1. The van der Waals surface area contributed by atoms with Crippen molar-refractivity contribution in [3.05, 3.63) is 45.0 Å². The highest BCUT2D eigenvalue weighted by Crippen LogP contribution is 2.37. The monoisotopic (exact) mass is 398 g/mol. The van der Waals surface area contributed by atoms with Crippen LogP contribution in [0.3, 0.4) is 0 Å². The van der Waals surface area contributed by atoms with Crippen LogP contribution in [0, 0.1) is 11.8 Å². The van der Waals surface area contributed by atoms with Gasteiger partial charge in [0.05, 0.1) is 11.1 Å². The fourth-order valence-electron chi connectivity index (χ4n) is 3.11. The summed E-state index contributed by atoms with van der Waals surface area (Å²) in [6.45, 7) is 10.3. The maximum absolute atomic E-state index is 12.1. The van der Waals surface area contributed by atoms with E-state index >= 15 is 0 Å². The summed E-state index contributed by atoms with van der Waals surface area (Å²) in [6, 6.07) is 0. The number of carbonyl (C=O) groups is 1. The average Bonchev–Trinajstić information content (AvgIpc) is 2.58. The van der Waals surface area contributed by atoms with Crippen molar-refractivity contribution in [2.75, 3.05) is 0 Å². The van der Waals surface area contributed by atoms with Gasteiger partial charge in [-0.2, -0.15) is 0 Å². The highest BCUT2D eigenvalue weighted by molar-refractivity contribution is 6.49. The van der Waals surface area contributed by atoms with Crippen molar-refractivity contribution in [2.24, 2.45) is 11.8 Å². The largest absolute Gasteiger partial charge is 0.387 e. The van der Waals surface area contributed by atoms with E-state index in [1.807, 2.05) is 6.92 Å². The predicted octanol–water partition coefficient (Wildman–Crippen LogP) is 6.68. The molecule has 0 saturated carbocycles. The zero-order valence-electron chi connectivity index (χ0n) is 16.6. The summed E-state index contributed by atoms with van der Waals surface area (Å²) in [6.07, 6.45) is 10.7. The molecule has 0 fully saturated rings. The molecule has 3 unspecified atom stereocenters. The lowest BCUT2D eigenvalue weighted by Gasteiger charge is -2.31. The Kier molecular flexibility index (Phi) is 9.92. The molecule has 0 aromatic heterocycles. The van der Waals surface area contributed by atoms with Crippen LogP contribution in [-0.2, 0) is 4.79 Å². The molecule has 0 heterocycles. The van der Waals surface area contributed by atoms with Crippen molar-refractivity contribution in [2.45, 2.75) is 72.8 Å². The molecular weight excluding hydrogens is 367 g/mol. The number of hydrogen-bond acceptors (Lipinski definition) is 2. The van der Waals surface area contributed by atoms with Gasteiger partial charge in [0, 0.05) is 11.8 Å². The van der Waals surface area contributed by atoms with Crippen molar-refractivity contribution < 1.29 is 9.90 Å². The number of ketones is 1. The van der Waals surface area contributed by atoms with Gasteiger partial charge in [0.25, 0.3) is 0 Å². The lowest BCUT2D eigenvalue weighted by molar-refractivity contribution is -0.121. The van der Waals surface area contributed by atoms with Crippen LogP contribution in [0.4, 0.5) is 0 Å². The molecule has 0 aliphatic heterocycles. The molecule has 1 rings (SSSR count). The third-order valence-corrected chi connectivity index (χ3v) is 5.91. The maximum atomic E-state index is 12.1. The van der Waals surface area contributed by atoms with Crippen molar-refractivity contribution in [1.29, 1.82) is 0 Å². The SMILES string of the molecule is CC(C)=CCC/C(C)=C/CC/C(C)=C/CC1C(C)C(=O)C(Cl)=C(Cl)C1O. The Morgan fingerprint density at radius 2 is 1.54 bits per heavy atom. The molecule has 1 aliphatic carbocycles. The fourth-order valence-corrected chi connectivity index (χ4v) is 3.65. The molecule has 26 heavy (non-hydrogen) atoms. The van der Waals surface area contributed by atoms with Gasteiger partial charge in [-0.25, -0.2) is 0 Å². The second-order valence-electron chi connectivity index (χ2n) is 7.62. The summed E-state index contributed by atoms with van der Waals surface area (Å²) >= 11 is 11.9. The zero-order chi connectivity index (χ0) is 19.9. The molecule has 0 bridgehead atoms. The number of aliphatic hydroxyl groups is 1. The predicted molar refractivity (Wildman–Crippen MR) is 112 cm³/mol. The van der Waals surface area contributed by atoms with Crippen molar-refractivity contribution >= 4 is 29.0 Å². The molecule has 146 valence electrons. The maximum Gasteiger partial charge on any atom is 0.178 e. The average molecular weight is 399 g/mol. The van der Waals surface area contributed by atoms with E-state index in [4.69, 9.17) is 23.2 Å². The summed E-state index contributed by atoms with van der Waals surface area (Å²) in [5.41, 5.74) is 4.05. The Bertz CT molecular complexity index is 622. The van der Waals surface area contributed by atoms with Crippen molar-refractivity contribution in [3.63, 3.8) is 0 Å². The molecule has 0 amide bonds. The minimum absolute atomic E-state index is 0.0163. The molecule has 1 N–H and O–H groups in total. The normalized spacial score (nSPS) is 24.9. The van der Waals surface area contributed by atoms with Crippen LogP contribution in [0.15, 0.2) is 45.0 Å². The van der Waals surface area contributed by atoms with Crippen LogP contribution in [0.5, 0.6) is 0 Å². The Morgan fingerprint density at radius 1 is 1.00 bits per heavy atom. The van der Waals surface area contributed by atoms with E-state index in [0.717, 1.165) is 25.7 Å². The molecule has 0 saturated heterocycles. The number of allylic oxidation sites excluding steroid dienone is 7. The summed E-state index contributed by atoms with van der Waals surface area (Å²) in [5, 5.41) is 10.4. The molecule has 3 atom stereocenters. The fraction of sp³-hybridized carbons (Fsp3) is 0.591. The van der Waals surface area contributed by atoms with Gasteiger partial charge in [0.1, 0.15) is 5.03 Å².